The van der Waals surface area contributed by atoms with Crippen LogP contribution >= 0.6 is 0 Å². The first kappa shape index (κ1) is 8.97. The van der Waals surface area contributed by atoms with E-state index in [2.05, 4.69) is 11.9 Å². The summed E-state index contributed by atoms with van der Waals surface area (Å²) in [4.78, 5) is 2.70. The molecule has 1 heterocycles. The molecule has 5 fully saturated rings. The van der Waals surface area contributed by atoms with Gasteiger partial charge < -0.3 is 4.90 Å². The van der Waals surface area contributed by atoms with E-state index >= 15 is 0 Å². The lowest BCUT2D eigenvalue weighted by atomic mass is 9.67. The maximum absolute atomic E-state index is 2.70. The third kappa shape index (κ3) is 0.805. The van der Waals surface area contributed by atoms with Crippen LogP contribution < -0.4 is 0 Å². The summed E-state index contributed by atoms with van der Waals surface area (Å²) in [7, 11) is 2.39. The van der Waals surface area contributed by atoms with Crippen LogP contribution in [0.2, 0.25) is 0 Å². The van der Waals surface area contributed by atoms with Crippen LogP contribution in [0.3, 0.4) is 0 Å². The van der Waals surface area contributed by atoms with Crippen molar-refractivity contribution in [2.75, 3.05) is 13.6 Å². The minimum absolute atomic E-state index is 1.01. The summed E-state index contributed by atoms with van der Waals surface area (Å²) in [5.74, 6) is 8.16. The number of piperidine rings is 1. The molecule has 0 aromatic rings. The molecule has 8 atom stereocenters. The summed E-state index contributed by atoms with van der Waals surface area (Å²) < 4.78 is 0. The fourth-order valence-electron chi connectivity index (χ4n) is 7.21. The summed E-state index contributed by atoms with van der Waals surface area (Å²) in [5, 5.41) is 0. The highest BCUT2D eigenvalue weighted by Crippen LogP contribution is 2.70. The quantitative estimate of drug-likeness (QED) is 0.564. The molecule has 4 aliphatic carbocycles. The van der Waals surface area contributed by atoms with Crippen LogP contribution in [-0.2, 0) is 0 Å². The Morgan fingerprint density at radius 3 is 2.44 bits per heavy atom. The van der Waals surface area contributed by atoms with Gasteiger partial charge in [0, 0.05) is 12.6 Å². The number of rotatable bonds is 0. The van der Waals surface area contributed by atoms with Crippen LogP contribution in [0.5, 0.6) is 0 Å². The molecule has 88 valence electrons. The molecular formula is C15H23N. The van der Waals surface area contributed by atoms with E-state index in [1.54, 1.807) is 32.1 Å². The molecule has 0 aromatic heterocycles. The highest BCUT2D eigenvalue weighted by molar-refractivity contribution is 5.16. The van der Waals surface area contributed by atoms with Crippen molar-refractivity contribution in [1.29, 1.82) is 0 Å². The summed E-state index contributed by atoms with van der Waals surface area (Å²) in [5.41, 5.74) is 0. The highest BCUT2D eigenvalue weighted by atomic mass is 15.2. The van der Waals surface area contributed by atoms with E-state index in [1.807, 2.05) is 0 Å². The molecule has 0 N–H and O–H groups in total. The number of hydrogen-bond donors (Lipinski definition) is 0. The van der Waals surface area contributed by atoms with Crippen LogP contribution in [0.4, 0.5) is 0 Å². The predicted octanol–water partition coefficient (Wildman–Crippen LogP) is 2.62. The monoisotopic (exact) mass is 217 g/mol. The van der Waals surface area contributed by atoms with Gasteiger partial charge in [0.2, 0.25) is 0 Å². The molecular weight excluding hydrogens is 194 g/mol. The molecule has 1 nitrogen and oxygen atoms in total. The lowest BCUT2D eigenvalue weighted by Gasteiger charge is -2.43. The second kappa shape index (κ2) is 2.68. The molecule has 1 saturated heterocycles. The lowest BCUT2D eigenvalue weighted by molar-refractivity contribution is 0.0377. The van der Waals surface area contributed by atoms with Crippen molar-refractivity contribution >= 4 is 0 Å². The smallest absolute Gasteiger partial charge is 0.0129 e. The summed E-state index contributed by atoms with van der Waals surface area (Å²) in [6.45, 7) is 1.44. The molecule has 1 aliphatic heterocycles. The maximum Gasteiger partial charge on any atom is 0.0129 e. The molecule has 4 bridgehead atoms. The van der Waals surface area contributed by atoms with E-state index in [-0.39, 0.29) is 0 Å². The van der Waals surface area contributed by atoms with E-state index in [0.29, 0.717) is 0 Å². The van der Waals surface area contributed by atoms with Crippen LogP contribution in [0.15, 0.2) is 0 Å². The normalized spacial score (nSPS) is 66.6. The molecule has 4 saturated carbocycles. The number of likely N-dealkylation sites (tertiary alicyclic amines) is 1. The Morgan fingerprint density at radius 2 is 1.62 bits per heavy atom. The Morgan fingerprint density at radius 1 is 0.875 bits per heavy atom. The Kier molecular flexibility index (Phi) is 1.50. The van der Waals surface area contributed by atoms with Gasteiger partial charge in [-0.3, -0.25) is 0 Å². The van der Waals surface area contributed by atoms with Gasteiger partial charge in [-0.05, 0) is 74.2 Å². The van der Waals surface area contributed by atoms with Crippen LogP contribution in [0.1, 0.15) is 32.1 Å². The second-order valence-corrected chi connectivity index (χ2v) is 7.48. The Hall–Kier alpha value is -0.0400. The zero-order chi connectivity index (χ0) is 10.4. The number of fused-ring (bicyclic) bond motifs is 12. The van der Waals surface area contributed by atoms with E-state index in [4.69, 9.17) is 0 Å². The van der Waals surface area contributed by atoms with E-state index < -0.39 is 0 Å². The lowest BCUT2D eigenvalue weighted by Crippen LogP contribution is -2.45. The molecule has 0 amide bonds. The zero-order valence-corrected chi connectivity index (χ0v) is 10.3. The maximum atomic E-state index is 2.70. The number of hydrogen-bond acceptors (Lipinski definition) is 1. The SMILES string of the molecule is CN1CC2CC1C1C3CC(C4CCCC43)C21. The van der Waals surface area contributed by atoms with Gasteiger partial charge in [-0.1, -0.05) is 6.42 Å². The van der Waals surface area contributed by atoms with Crippen molar-refractivity contribution in [3.8, 4) is 0 Å². The van der Waals surface area contributed by atoms with E-state index in [0.717, 1.165) is 17.9 Å². The predicted molar refractivity (Wildman–Crippen MR) is 63.9 cm³/mol. The first-order valence-electron chi connectivity index (χ1n) is 7.55. The van der Waals surface area contributed by atoms with Crippen molar-refractivity contribution in [3.05, 3.63) is 0 Å². The van der Waals surface area contributed by atoms with Crippen LogP contribution in [-0.4, -0.2) is 24.5 Å². The Balaban J connectivity index is 1.57. The van der Waals surface area contributed by atoms with Gasteiger partial charge in [0.1, 0.15) is 0 Å². The van der Waals surface area contributed by atoms with Crippen molar-refractivity contribution in [1.82, 2.24) is 4.90 Å². The van der Waals surface area contributed by atoms with Crippen molar-refractivity contribution < 1.29 is 0 Å². The molecule has 5 aliphatic rings. The molecule has 8 unspecified atom stereocenters. The van der Waals surface area contributed by atoms with Crippen LogP contribution in [0.25, 0.3) is 0 Å². The van der Waals surface area contributed by atoms with Gasteiger partial charge in [0.15, 0.2) is 0 Å². The topological polar surface area (TPSA) is 3.24 Å². The molecule has 0 spiro atoms. The minimum Gasteiger partial charge on any atom is -0.303 e. The second-order valence-electron chi connectivity index (χ2n) is 7.48. The largest absolute Gasteiger partial charge is 0.303 e. The third-order valence-electron chi connectivity index (χ3n) is 7.32. The first-order valence-corrected chi connectivity index (χ1v) is 7.55. The molecule has 1 heteroatoms. The molecule has 0 aromatic carbocycles. The first-order chi connectivity index (χ1) is 7.84. The van der Waals surface area contributed by atoms with Gasteiger partial charge in [0.05, 0.1) is 0 Å². The van der Waals surface area contributed by atoms with Gasteiger partial charge in [-0.25, -0.2) is 0 Å². The fourth-order valence-corrected chi connectivity index (χ4v) is 7.21. The third-order valence-corrected chi connectivity index (χ3v) is 7.32. The van der Waals surface area contributed by atoms with Crippen molar-refractivity contribution in [2.24, 2.45) is 41.4 Å². The average Bonchev–Trinajstić information content (AvgIpc) is 2.99. The van der Waals surface area contributed by atoms with E-state index in [1.165, 1.54) is 36.1 Å². The Labute approximate surface area is 98.6 Å². The average molecular weight is 217 g/mol. The van der Waals surface area contributed by atoms with Gasteiger partial charge in [0.25, 0.3) is 0 Å². The zero-order valence-electron chi connectivity index (χ0n) is 10.3. The number of nitrogens with zero attached hydrogens (tertiary/aromatic N) is 1. The summed E-state index contributed by atoms with van der Waals surface area (Å²) in [6.07, 6.45) is 7.97. The minimum atomic E-state index is 1.01. The van der Waals surface area contributed by atoms with Gasteiger partial charge in [-0.2, -0.15) is 0 Å². The van der Waals surface area contributed by atoms with E-state index in [9.17, 15) is 0 Å². The summed E-state index contributed by atoms with van der Waals surface area (Å²) >= 11 is 0. The summed E-state index contributed by atoms with van der Waals surface area (Å²) in [6, 6.07) is 1.01. The Bertz CT molecular complexity index is 338. The fraction of sp³-hybridized carbons (Fsp3) is 1.00. The van der Waals surface area contributed by atoms with Gasteiger partial charge >= 0.3 is 0 Å². The van der Waals surface area contributed by atoms with Crippen molar-refractivity contribution in [2.45, 2.75) is 38.1 Å². The van der Waals surface area contributed by atoms with Crippen LogP contribution in [0, 0.1) is 41.4 Å². The molecule has 16 heavy (non-hydrogen) atoms. The molecule has 5 rings (SSSR count). The van der Waals surface area contributed by atoms with Crippen molar-refractivity contribution in [3.63, 3.8) is 0 Å². The molecule has 0 radical (unpaired) electrons. The van der Waals surface area contributed by atoms with Gasteiger partial charge in [-0.15, -0.1) is 0 Å². The highest BCUT2D eigenvalue weighted by Gasteiger charge is 2.66. The standard InChI is InChI=1S/C15H23N/c1-16-7-8-5-13(16)15-12-6-11(14(8)15)9-3-2-4-10(9)12/h8-15H,2-7H2,1H3.